The van der Waals surface area contributed by atoms with E-state index in [0.717, 1.165) is 11.0 Å². The molecule has 0 aliphatic carbocycles. The SMILES string of the molecule is CC(C)(C)c1ccc(C(=O)N[C@](C)(C(=O)O)c2ccc(B3OC(C)(C)C(C)(C)O3)cc2)cc1. The van der Waals surface area contributed by atoms with E-state index in [2.05, 4.69) is 26.1 Å². The van der Waals surface area contributed by atoms with Gasteiger partial charge >= 0.3 is 13.1 Å². The molecule has 0 bridgehead atoms. The molecule has 1 saturated heterocycles. The quantitative estimate of drug-likeness (QED) is 0.671. The van der Waals surface area contributed by atoms with Crippen LogP contribution >= 0.6 is 0 Å². The van der Waals surface area contributed by atoms with E-state index in [1.54, 1.807) is 36.4 Å². The van der Waals surface area contributed by atoms with E-state index < -0.39 is 35.7 Å². The fourth-order valence-electron chi connectivity index (χ4n) is 3.62. The second-order valence-corrected chi connectivity index (χ2v) is 10.9. The summed E-state index contributed by atoms with van der Waals surface area (Å²) in [6.45, 7) is 15.7. The van der Waals surface area contributed by atoms with Crippen LogP contribution in [0.2, 0.25) is 0 Å². The van der Waals surface area contributed by atoms with E-state index in [4.69, 9.17) is 9.31 Å². The van der Waals surface area contributed by atoms with E-state index >= 15 is 0 Å². The van der Waals surface area contributed by atoms with Crippen LogP contribution in [0.3, 0.4) is 0 Å². The van der Waals surface area contributed by atoms with Gasteiger partial charge in [-0.1, -0.05) is 57.2 Å². The molecule has 0 unspecified atom stereocenters. The molecule has 6 nitrogen and oxygen atoms in total. The number of amides is 1. The summed E-state index contributed by atoms with van der Waals surface area (Å²) in [4.78, 5) is 25.1. The van der Waals surface area contributed by atoms with Crippen LogP contribution in [0, 0.1) is 0 Å². The fraction of sp³-hybridized carbons (Fsp3) is 0.462. The maximum absolute atomic E-state index is 12.9. The van der Waals surface area contributed by atoms with Gasteiger partial charge in [0.25, 0.3) is 5.91 Å². The number of hydrogen-bond acceptors (Lipinski definition) is 4. The summed E-state index contributed by atoms with van der Waals surface area (Å²) in [5, 5.41) is 12.7. The first-order chi connectivity index (χ1) is 15.1. The molecule has 0 aromatic heterocycles. The molecule has 0 saturated carbocycles. The normalized spacial score (nSPS) is 19.1. The Bertz CT molecular complexity index is 1020. The minimum absolute atomic E-state index is 0.0382. The number of carbonyl (C=O) groups is 2. The van der Waals surface area contributed by atoms with Crippen LogP contribution in [0.25, 0.3) is 0 Å². The third kappa shape index (κ3) is 4.85. The van der Waals surface area contributed by atoms with Crippen molar-refractivity contribution >= 4 is 24.5 Å². The summed E-state index contributed by atoms with van der Waals surface area (Å²) >= 11 is 0. The zero-order valence-electron chi connectivity index (χ0n) is 20.8. The van der Waals surface area contributed by atoms with Crippen LogP contribution in [-0.4, -0.2) is 35.3 Å². The molecule has 1 fully saturated rings. The highest BCUT2D eigenvalue weighted by atomic mass is 16.7. The van der Waals surface area contributed by atoms with Gasteiger partial charge in [-0.05, 0) is 68.8 Å². The third-order valence-electron chi connectivity index (χ3n) is 6.82. The van der Waals surface area contributed by atoms with Crippen molar-refractivity contribution in [2.75, 3.05) is 0 Å². The number of rotatable bonds is 5. The molecule has 7 heteroatoms. The van der Waals surface area contributed by atoms with Gasteiger partial charge in [0, 0.05) is 5.56 Å². The predicted octanol–water partition coefficient (Wildman–Crippen LogP) is 4.01. The zero-order valence-corrected chi connectivity index (χ0v) is 20.8. The van der Waals surface area contributed by atoms with Gasteiger partial charge < -0.3 is 19.7 Å². The molecule has 2 aromatic carbocycles. The number of nitrogens with one attached hydrogen (secondary N) is 1. The summed E-state index contributed by atoms with van der Waals surface area (Å²) in [7, 11) is -0.545. The maximum Gasteiger partial charge on any atom is 0.494 e. The van der Waals surface area contributed by atoms with Crippen LogP contribution in [0.5, 0.6) is 0 Å². The number of benzene rings is 2. The summed E-state index contributed by atoms with van der Waals surface area (Å²) in [6.07, 6.45) is 0. The molecule has 33 heavy (non-hydrogen) atoms. The van der Waals surface area contributed by atoms with E-state index in [1.807, 2.05) is 39.8 Å². The molecule has 2 N–H and O–H groups in total. The highest BCUT2D eigenvalue weighted by molar-refractivity contribution is 6.62. The summed E-state index contributed by atoms with van der Waals surface area (Å²) in [6, 6.07) is 14.2. The molecule has 1 heterocycles. The fourth-order valence-corrected chi connectivity index (χ4v) is 3.62. The standard InChI is InChI=1S/C26H34BNO5/c1-23(2,3)18-11-9-17(10-12-18)21(29)28-26(8,22(30)31)19-13-15-20(16-14-19)27-32-24(4,5)25(6,7)33-27/h9-16H,1-8H3,(H,28,29)(H,30,31)/t26-/m0/s1. The van der Waals surface area contributed by atoms with Crippen LogP contribution in [0.1, 0.15) is 76.9 Å². The molecule has 0 radical (unpaired) electrons. The second-order valence-electron chi connectivity index (χ2n) is 10.9. The number of carboxylic acids is 1. The third-order valence-corrected chi connectivity index (χ3v) is 6.82. The molecule has 176 valence electrons. The largest absolute Gasteiger partial charge is 0.494 e. The van der Waals surface area contributed by atoms with Crippen molar-refractivity contribution in [3.05, 3.63) is 65.2 Å². The molecule has 2 aromatic rings. The van der Waals surface area contributed by atoms with Crippen LogP contribution in [0.15, 0.2) is 48.5 Å². The van der Waals surface area contributed by atoms with E-state index in [1.165, 1.54) is 6.92 Å². The van der Waals surface area contributed by atoms with Crippen molar-refractivity contribution in [3.8, 4) is 0 Å². The molecule has 0 spiro atoms. The molecule has 1 atom stereocenters. The molecular formula is C26H34BNO5. The lowest BCUT2D eigenvalue weighted by atomic mass is 9.77. The van der Waals surface area contributed by atoms with Crippen molar-refractivity contribution in [2.45, 2.75) is 77.5 Å². The van der Waals surface area contributed by atoms with E-state index in [9.17, 15) is 14.7 Å². The highest BCUT2D eigenvalue weighted by Gasteiger charge is 2.51. The van der Waals surface area contributed by atoms with Gasteiger partial charge in [0.05, 0.1) is 11.2 Å². The Morgan fingerprint density at radius 3 is 1.70 bits per heavy atom. The predicted molar refractivity (Wildman–Crippen MR) is 130 cm³/mol. The van der Waals surface area contributed by atoms with Crippen LogP contribution in [0.4, 0.5) is 0 Å². The van der Waals surface area contributed by atoms with E-state index in [0.29, 0.717) is 11.1 Å². The highest BCUT2D eigenvalue weighted by Crippen LogP contribution is 2.36. The summed E-state index contributed by atoms with van der Waals surface area (Å²) < 4.78 is 12.1. The van der Waals surface area contributed by atoms with Gasteiger partial charge in [0.2, 0.25) is 0 Å². The van der Waals surface area contributed by atoms with Crippen LogP contribution < -0.4 is 10.8 Å². The van der Waals surface area contributed by atoms with Gasteiger partial charge in [-0.3, -0.25) is 4.79 Å². The van der Waals surface area contributed by atoms with Gasteiger partial charge in [-0.15, -0.1) is 0 Å². The Balaban J connectivity index is 1.82. The Morgan fingerprint density at radius 2 is 1.27 bits per heavy atom. The second kappa shape index (κ2) is 8.30. The van der Waals surface area contributed by atoms with Crippen molar-refractivity contribution in [1.82, 2.24) is 5.32 Å². The molecule has 1 aliphatic rings. The number of carboxylic acid groups (broad SMARTS) is 1. The Morgan fingerprint density at radius 1 is 0.818 bits per heavy atom. The van der Waals surface area contributed by atoms with Gasteiger partial charge in [0.1, 0.15) is 0 Å². The van der Waals surface area contributed by atoms with Crippen molar-refractivity contribution < 1.29 is 24.0 Å². The van der Waals surface area contributed by atoms with Gasteiger partial charge in [-0.25, -0.2) is 4.79 Å². The monoisotopic (exact) mass is 451 g/mol. The first-order valence-electron chi connectivity index (χ1n) is 11.2. The molecule has 3 rings (SSSR count). The first kappa shape index (κ1) is 25.0. The molecular weight excluding hydrogens is 417 g/mol. The molecule has 1 aliphatic heterocycles. The van der Waals surface area contributed by atoms with E-state index in [-0.39, 0.29) is 5.41 Å². The van der Waals surface area contributed by atoms with Crippen LogP contribution in [-0.2, 0) is 25.1 Å². The summed E-state index contributed by atoms with van der Waals surface area (Å²) in [5.41, 5.74) is 0.162. The lowest BCUT2D eigenvalue weighted by Gasteiger charge is -2.32. The Labute approximate surface area is 196 Å². The number of hydrogen-bond donors (Lipinski definition) is 2. The summed E-state index contributed by atoms with van der Waals surface area (Å²) in [5.74, 6) is -1.60. The topological polar surface area (TPSA) is 84.9 Å². The zero-order chi connectivity index (χ0) is 24.8. The van der Waals surface area contributed by atoms with Crippen molar-refractivity contribution in [1.29, 1.82) is 0 Å². The van der Waals surface area contributed by atoms with Gasteiger partial charge in [-0.2, -0.15) is 0 Å². The lowest BCUT2D eigenvalue weighted by molar-refractivity contribution is -0.144. The van der Waals surface area contributed by atoms with Crippen molar-refractivity contribution in [2.24, 2.45) is 0 Å². The van der Waals surface area contributed by atoms with Crippen molar-refractivity contribution in [3.63, 3.8) is 0 Å². The smallest absolute Gasteiger partial charge is 0.479 e. The number of carbonyl (C=O) groups excluding carboxylic acids is 1. The Hall–Kier alpha value is -2.64. The first-order valence-corrected chi connectivity index (χ1v) is 11.2. The minimum Gasteiger partial charge on any atom is -0.479 e. The average molecular weight is 451 g/mol. The minimum atomic E-state index is -1.60. The number of aliphatic carboxylic acids is 1. The maximum atomic E-state index is 12.9. The average Bonchev–Trinajstić information content (AvgIpc) is 2.94. The lowest BCUT2D eigenvalue weighted by Crippen LogP contribution is -2.49. The van der Waals surface area contributed by atoms with Gasteiger partial charge in [0.15, 0.2) is 5.54 Å². The Kier molecular flexibility index (Phi) is 6.28. The molecule has 1 amide bonds.